The zero-order valence-corrected chi connectivity index (χ0v) is 13.6. The van der Waals surface area contributed by atoms with Crippen molar-refractivity contribution >= 4 is 21.9 Å². The molecule has 0 saturated carbocycles. The minimum Gasteiger partial charge on any atom is -0.497 e. The van der Waals surface area contributed by atoms with Crippen molar-refractivity contribution in [3.8, 4) is 17.1 Å². The Morgan fingerprint density at radius 3 is 2.78 bits per heavy atom. The molecule has 0 amide bonds. The Kier molecular flexibility index (Phi) is 3.11. The SMILES string of the molecule is CCn1c(C)c(-c2nc3ccc(OC)cc3[nH]2)c2ccccc21. The first-order chi connectivity index (χ1) is 11.2. The predicted molar refractivity (Wildman–Crippen MR) is 94.0 cm³/mol. The Labute approximate surface area is 134 Å². The van der Waals surface area contributed by atoms with E-state index in [1.165, 1.54) is 22.2 Å². The Bertz CT molecular complexity index is 1010. The third kappa shape index (κ3) is 2.02. The normalized spacial score (nSPS) is 11.4. The summed E-state index contributed by atoms with van der Waals surface area (Å²) < 4.78 is 7.63. The van der Waals surface area contributed by atoms with Gasteiger partial charge in [0.1, 0.15) is 11.6 Å². The van der Waals surface area contributed by atoms with Crippen molar-refractivity contribution in [1.82, 2.24) is 14.5 Å². The van der Waals surface area contributed by atoms with Gasteiger partial charge < -0.3 is 14.3 Å². The van der Waals surface area contributed by atoms with Crippen LogP contribution in [0.5, 0.6) is 5.75 Å². The number of aromatic nitrogens is 3. The highest BCUT2D eigenvalue weighted by Gasteiger charge is 2.17. The van der Waals surface area contributed by atoms with E-state index < -0.39 is 0 Å². The molecule has 4 heteroatoms. The molecule has 4 aromatic rings. The number of hydrogen-bond donors (Lipinski definition) is 1. The second-order valence-electron chi connectivity index (χ2n) is 5.69. The van der Waals surface area contributed by atoms with E-state index >= 15 is 0 Å². The van der Waals surface area contributed by atoms with E-state index in [2.05, 4.69) is 47.7 Å². The lowest BCUT2D eigenvalue weighted by molar-refractivity contribution is 0.415. The first kappa shape index (κ1) is 13.9. The second kappa shape index (κ2) is 5.16. The van der Waals surface area contributed by atoms with Gasteiger partial charge in [-0.1, -0.05) is 18.2 Å². The maximum absolute atomic E-state index is 5.30. The van der Waals surface area contributed by atoms with Crippen molar-refractivity contribution in [1.29, 1.82) is 0 Å². The third-order valence-corrected chi connectivity index (χ3v) is 4.47. The lowest BCUT2D eigenvalue weighted by Crippen LogP contribution is -1.96. The molecule has 0 fully saturated rings. The van der Waals surface area contributed by atoms with Crippen LogP contribution in [0.25, 0.3) is 33.3 Å². The van der Waals surface area contributed by atoms with Crippen molar-refractivity contribution < 1.29 is 4.74 Å². The lowest BCUT2D eigenvalue weighted by Gasteiger charge is -2.03. The molecule has 116 valence electrons. The molecule has 0 saturated heterocycles. The quantitative estimate of drug-likeness (QED) is 0.604. The van der Waals surface area contributed by atoms with Gasteiger partial charge in [0.2, 0.25) is 0 Å². The van der Waals surface area contributed by atoms with E-state index in [9.17, 15) is 0 Å². The molecule has 2 aromatic carbocycles. The van der Waals surface area contributed by atoms with Crippen LogP contribution < -0.4 is 4.74 Å². The van der Waals surface area contributed by atoms with Gasteiger partial charge in [-0.2, -0.15) is 0 Å². The van der Waals surface area contributed by atoms with Crippen molar-refractivity contribution in [3.63, 3.8) is 0 Å². The molecule has 4 rings (SSSR count). The van der Waals surface area contributed by atoms with E-state index in [0.717, 1.165) is 29.2 Å². The zero-order chi connectivity index (χ0) is 16.0. The number of imidazole rings is 1. The number of aryl methyl sites for hydroxylation is 1. The highest BCUT2D eigenvalue weighted by atomic mass is 16.5. The number of fused-ring (bicyclic) bond motifs is 2. The molecule has 0 bridgehead atoms. The van der Waals surface area contributed by atoms with Crippen LogP contribution in [0, 0.1) is 6.92 Å². The fourth-order valence-electron chi connectivity index (χ4n) is 3.37. The van der Waals surface area contributed by atoms with Crippen molar-refractivity contribution in [2.45, 2.75) is 20.4 Å². The average Bonchev–Trinajstić information content (AvgIpc) is 3.11. The molecule has 1 N–H and O–H groups in total. The maximum Gasteiger partial charge on any atom is 0.140 e. The molecule has 0 unspecified atom stereocenters. The van der Waals surface area contributed by atoms with Gasteiger partial charge in [-0.25, -0.2) is 4.98 Å². The summed E-state index contributed by atoms with van der Waals surface area (Å²) in [6.07, 6.45) is 0. The number of hydrogen-bond acceptors (Lipinski definition) is 2. The van der Waals surface area contributed by atoms with Gasteiger partial charge in [-0.05, 0) is 32.0 Å². The molecule has 0 atom stereocenters. The van der Waals surface area contributed by atoms with Gasteiger partial charge in [-0.3, -0.25) is 0 Å². The van der Waals surface area contributed by atoms with Crippen LogP contribution in [0.15, 0.2) is 42.5 Å². The lowest BCUT2D eigenvalue weighted by atomic mass is 10.1. The van der Waals surface area contributed by atoms with Gasteiger partial charge in [-0.15, -0.1) is 0 Å². The van der Waals surface area contributed by atoms with Crippen LogP contribution in [0.4, 0.5) is 0 Å². The fourth-order valence-corrected chi connectivity index (χ4v) is 3.37. The number of para-hydroxylation sites is 1. The highest BCUT2D eigenvalue weighted by Crippen LogP contribution is 2.34. The smallest absolute Gasteiger partial charge is 0.140 e. The highest BCUT2D eigenvalue weighted by molar-refractivity contribution is 5.98. The fraction of sp³-hybridized carbons (Fsp3) is 0.211. The Morgan fingerprint density at radius 1 is 1.17 bits per heavy atom. The molecule has 2 heterocycles. The van der Waals surface area contributed by atoms with Crippen LogP contribution in [-0.2, 0) is 6.54 Å². The van der Waals surface area contributed by atoms with Crippen molar-refractivity contribution in [3.05, 3.63) is 48.2 Å². The number of methoxy groups -OCH3 is 1. The average molecular weight is 305 g/mol. The summed E-state index contributed by atoms with van der Waals surface area (Å²) in [5.74, 6) is 1.74. The summed E-state index contributed by atoms with van der Waals surface area (Å²) in [5, 5.41) is 1.23. The summed E-state index contributed by atoms with van der Waals surface area (Å²) in [4.78, 5) is 8.25. The number of ether oxygens (including phenoxy) is 1. The monoisotopic (exact) mass is 305 g/mol. The van der Waals surface area contributed by atoms with E-state index in [-0.39, 0.29) is 0 Å². The van der Waals surface area contributed by atoms with Gasteiger partial charge in [0, 0.05) is 34.8 Å². The predicted octanol–water partition coefficient (Wildman–Crippen LogP) is 4.52. The van der Waals surface area contributed by atoms with Crippen molar-refractivity contribution in [2.75, 3.05) is 7.11 Å². The van der Waals surface area contributed by atoms with Crippen LogP contribution in [-0.4, -0.2) is 21.6 Å². The summed E-state index contributed by atoms with van der Waals surface area (Å²) in [5.41, 5.74) is 5.61. The van der Waals surface area contributed by atoms with E-state index in [1.54, 1.807) is 7.11 Å². The minimum atomic E-state index is 0.834. The number of H-pyrrole nitrogens is 1. The molecule has 0 radical (unpaired) electrons. The van der Waals surface area contributed by atoms with Crippen LogP contribution in [0.2, 0.25) is 0 Å². The van der Waals surface area contributed by atoms with E-state index in [0.29, 0.717) is 0 Å². The zero-order valence-electron chi connectivity index (χ0n) is 13.6. The maximum atomic E-state index is 5.30. The molecule has 23 heavy (non-hydrogen) atoms. The minimum absolute atomic E-state index is 0.834. The number of rotatable bonds is 3. The molecule has 0 aliphatic heterocycles. The Morgan fingerprint density at radius 2 is 2.00 bits per heavy atom. The van der Waals surface area contributed by atoms with Gasteiger partial charge in [0.05, 0.1) is 18.1 Å². The van der Waals surface area contributed by atoms with E-state index in [4.69, 9.17) is 9.72 Å². The van der Waals surface area contributed by atoms with Gasteiger partial charge in [0.15, 0.2) is 0 Å². The molecular formula is C19H19N3O. The van der Waals surface area contributed by atoms with Gasteiger partial charge >= 0.3 is 0 Å². The molecule has 4 nitrogen and oxygen atoms in total. The summed E-state index contributed by atoms with van der Waals surface area (Å²) in [7, 11) is 1.68. The standard InChI is InChI=1S/C19H19N3O/c1-4-22-12(2)18(14-7-5-6-8-17(14)22)19-20-15-10-9-13(23-3)11-16(15)21-19/h5-11H,4H2,1-3H3,(H,20,21). The Balaban J connectivity index is 2.00. The molecule has 0 aliphatic carbocycles. The first-order valence-corrected chi connectivity index (χ1v) is 7.85. The molecule has 0 aliphatic rings. The topological polar surface area (TPSA) is 42.8 Å². The Hall–Kier alpha value is -2.75. The third-order valence-electron chi connectivity index (χ3n) is 4.47. The number of nitrogens with one attached hydrogen (secondary N) is 1. The number of benzene rings is 2. The molecule has 0 spiro atoms. The summed E-state index contributed by atoms with van der Waals surface area (Å²) in [6, 6.07) is 14.4. The largest absolute Gasteiger partial charge is 0.497 e. The molecule has 2 aromatic heterocycles. The summed E-state index contributed by atoms with van der Waals surface area (Å²) >= 11 is 0. The first-order valence-electron chi connectivity index (χ1n) is 7.85. The van der Waals surface area contributed by atoms with Crippen molar-refractivity contribution in [2.24, 2.45) is 0 Å². The van der Waals surface area contributed by atoms with E-state index in [1.807, 2.05) is 18.2 Å². The molecular weight excluding hydrogens is 286 g/mol. The second-order valence-corrected chi connectivity index (χ2v) is 5.69. The van der Waals surface area contributed by atoms with Crippen LogP contribution in [0.3, 0.4) is 0 Å². The van der Waals surface area contributed by atoms with Gasteiger partial charge in [0.25, 0.3) is 0 Å². The summed E-state index contributed by atoms with van der Waals surface area (Å²) in [6.45, 7) is 5.28. The number of aromatic amines is 1. The van der Waals surface area contributed by atoms with Crippen LogP contribution in [0.1, 0.15) is 12.6 Å². The number of nitrogens with zero attached hydrogens (tertiary/aromatic N) is 2. The van der Waals surface area contributed by atoms with Crippen LogP contribution >= 0.6 is 0 Å².